The van der Waals surface area contributed by atoms with Crippen LogP contribution in [0.5, 0.6) is 0 Å². The zero-order valence-corrected chi connectivity index (χ0v) is 34.8. The van der Waals surface area contributed by atoms with Crippen LogP contribution < -0.4 is 10.6 Å². The second-order valence-electron chi connectivity index (χ2n) is 17.0. The molecule has 4 aliphatic heterocycles. The number of hydrogen-bond acceptors (Lipinski definition) is 8. The number of fused-ring (bicyclic) bond motifs is 5. The van der Waals surface area contributed by atoms with E-state index in [-0.39, 0.29) is 53.8 Å². The Morgan fingerprint density at radius 1 is 0.729 bits per heavy atom. The molecule has 0 aliphatic carbocycles. The second-order valence-corrected chi connectivity index (χ2v) is 17.0. The van der Waals surface area contributed by atoms with Crippen molar-refractivity contribution in [1.82, 2.24) is 40.4 Å². The maximum absolute atomic E-state index is 13.7. The topological polar surface area (TPSA) is 175 Å². The lowest BCUT2D eigenvalue weighted by molar-refractivity contribution is -0.138. The fourth-order valence-corrected chi connectivity index (χ4v) is 9.48. The number of benzene rings is 2. The molecule has 0 saturated carbocycles. The number of carbonyl (C=O) groups is 4. The van der Waals surface area contributed by atoms with E-state index in [1.807, 2.05) is 49.9 Å². The van der Waals surface area contributed by atoms with Gasteiger partial charge in [-0.2, -0.15) is 0 Å². The van der Waals surface area contributed by atoms with E-state index in [1.54, 1.807) is 6.92 Å². The molecule has 2 aromatic carbocycles. The van der Waals surface area contributed by atoms with Crippen molar-refractivity contribution >= 4 is 23.8 Å². The van der Waals surface area contributed by atoms with Gasteiger partial charge in [-0.25, -0.2) is 14.8 Å². The van der Waals surface area contributed by atoms with E-state index >= 15 is 0 Å². The van der Waals surface area contributed by atoms with E-state index in [2.05, 4.69) is 57.0 Å². The van der Waals surface area contributed by atoms with E-state index < -0.39 is 18.2 Å². The Hall–Kier alpha value is -5.50. The minimum atomic E-state index is -0.697. The van der Waals surface area contributed by atoms with E-state index in [4.69, 9.17) is 19.4 Å². The Morgan fingerprint density at radius 2 is 1.24 bits per heavy atom. The molecule has 0 spiro atoms. The van der Waals surface area contributed by atoms with Crippen LogP contribution in [0.15, 0.2) is 48.8 Å². The van der Waals surface area contributed by atoms with E-state index in [0.717, 1.165) is 83.8 Å². The number of carbonyl (C=O) groups excluding carboxylic acids is 4. The maximum atomic E-state index is 13.7. The number of imidazole rings is 2. The molecule has 3 fully saturated rings. The number of alkyl carbamates (subject to hydrolysis) is 1. The van der Waals surface area contributed by atoms with Gasteiger partial charge in [0.05, 0.1) is 55.2 Å². The van der Waals surface area contributed by atoms with Crippen LogP contribution in [0.2, 0.25) is 0 Å². The third kappa shape index (κ3) is 7.63. The number of ether oxygens (including phenoxy) is 2. The summed E-state index contributed by atoms with van der Waals surface area (Å²) >= 11 is 0. The van der Waals surface area contributed by atoms with Crippen LogP contribution in [0, 0.1) is 11.8 Å². The number of rotatable bonds is 12. The van der Waals surface area contributed by atoms with Crippen molar-refractivity contribution in [1.29, 1.82) is 0 Å². The number of nitrogens with zero attached hydrogens (tertiary/aromatic N) is 4. The van der Waals surface area contributed by atoms with Crippen LogP contribution in [-0.2, 0) is 23.9 Å². The number of likely N-dealkylation sites (tertiary alicyclic amines) is 2. The predicted molar refractivity (Wildman–Crippen MR) is 221 cm³/mol. The smallest absolute Gasteiger partial charge is 0.407 e. The molecule has 59 heavy (non-hydrogen) atoms. The van der Waals surface area contributed by atoms with Gasteiger partial charge >= 0.3 is 6.09 Å². The summed E-state index contributed by atoms with van der Waals surface area (Å²) in [5, 5.41) is 5.65. The molecule has 4 aromatic rings. The van der Waals surface area contributed by atoms with Gasteiger partial charge in [-0.05, 0) is 78.2 Å². The molecule has 4 aliphatic rings. The highest BCUT2D eigenvalue weighted by Crippen LogP contribution is 2.56. The van der Waals surface area contributed by atoms with Crippen LogP contribution >= 0.6 is 0 Å². The standard InChI is InChI=1S/C45H56N8O6/c1-7-36(54)50-39(24(2)3)43(55)52-20-8-10-32(52)41-46-22-30(48-41)27-14-12-26(13-15-27)28-16-17-29(38-35-19-18-34(59-35)37(28)38)31-23-47-42(49-31)33-11-9-21-53(33)44(56)40(25(4)5)51-45(57)58-6/h12-17,22-25,32-35,39-40H,7-11,18-21H2,1-6H3,(H,46,48)(H,47,49)(H,50,54)(H,51,57)/t32-,33-,34?,35?,39-,40+/m0/s1. The number of amides is 4. The summed E-state index contributed by atoms with van der Waals surface area (Å²) in [5.41, 5.74) is 8.49. The summed E-state index contributed by atoms with van der Waals surface area (Å²) in [4.78, 5) is 72.1. The molecule has 2 aromatic heterocycles. The lowest BCUT2D eigenvalue weighted by Crippen LogP contribution is -2.51. The SMILES string of the molecule is CCC(=O)N[C@H](C(=O)N1CCC[C@H]1c1ncc(-c2ccc(-c3ccc(-c4cnc([C@@H]5CCCN5C(=O)[C@H](NC(=O)OC)C(C)C)[nH]4)c4c3C3CCC4O3)cc2)[nH]1)C(C)C. The van der Waals surface area contributed by atoms with Crippen LogP contribution in [0.1, 0.15) is 127 Å². The first-order valence-electron chi connectivity index (χ1n) is 21.2. The summed E-state index contributed by atoms with van der Waals surface area (Å²) in [7, 11) is 1.30. The molecule has 2 unspecified atom stereocenters. The minimum absolute atomic E-state index is 0.000839. The van der Waals surface area contributed by atoms with Gasteiger partial charge in [-0.15, -0.1) is 0 Å². The van der Waals surface area contributed by atoms with E-state index in [0.29, 0.717) is 19.5 Å². The van der Waals surface area contributed by atoms with Gasteiger partial charge in [0, 0.05) is 25.1 Å². The highest BCUT2D eigenvalue weighted by molar-refractivity contribution is 5.88. The first-order chi connectivity index (χ1) is 28.5. The molecular weight excluding hydrogens is 749 g/mol. The highest BCUT2D eigenvalue weighted by Gasteiger charge is 2.43. The van der Waals surface area contributed by atoms with Gasteiger partial charge in [0.15, 0.2) is 0 Å². The van der Waals surface area contributed by atoms with Gasteiger partial charge < -0.3 is 39.9 Å². The van der Waals surface area contributed by atoms with Crippen molar-refractivity contribution in [2.24, 2.45) is 11.8 Å². The molecule has 0 radical (unpaired) electrons. The summed E-state index contributed by atoms with van der Waals surface area (Å²) in [6.45, 7) is 10.8. The van der Waals surface area contributed by atoms with Gasteiger partial charge in [0.25, 0.3) is 0 Å². The Kier molecular flexibility index (Phi) is 11.4. The Morgan fingerprint density at radius 3 is 1.80 bits per heavy atom. The number of methoxy groups -OCH3 is 1. The molecule has 14 heteroatoms. The maximum Gasteiger partial charge on any atom is 0.407 e. The molecule has 2 bridgehead atoms. The molecule has 4 N–H and O–H groups in total. The van der Waals surface area contributed by atoms with Crippen molar-refractivity contribution in [2.45, 2.75) is 116 Å². The van der Waals surface area contributed by atoms with Crippen molar-refractivity contribution in [3.05, 3.63) is 71.6 Å². The lowest BCUT2D eigenvalue weighted by Gasteiger charge is -2.30. The average molecular weight is 805 g/mol. The molecule has 14 nitrogen and oxygen atoms in total. The summed E-state index contributed by atoms with van der Waals surface area (Å²) in [6.07, 6.45) is 8.67. The van der Waals surface area contributed by atoms with Crippen molar-refractivity contribution in [2.75, 3.05) is 20.2 Å². The zero-order chi connectivity index (χ0) is 41.5. The number of nitrogens with one attached hydrogen (secondary N) is 4. The minimum Gasteiger partial charge on any atom is -0.453 e. The van der Waals surface area contributed by atoms with E-state index in [9.17, 15) is 19.2 Å². The number of H-pyrrole nitrogens is 2. The highest BCUT2D eigenvalue weighted by atomic mass is 16.5. The quantitative estimate of drug-likeness (QED) is 0.115. The molecular formula is C45H56N8O6. The van der Waals surface area contributed by atoms with Gasteiger partial charge in [0.2, 0.25) is 17.7 Å². The lowest BCUT2D eigenvalue weighted by atomic mass is 9.82. The van der Waals surface area contributed by atoms with Gasteiger partial charge in [-0.3, -0.25) is 14.4 Å². The van der Waals surface area contributed by atoms with E-state index in [1.165, 1.54) is 18.2 Å². The zero-order valence-electron chi connectivity index (χ0n) is 34.8. The molecule has 8 rings (SSSR count). The van der Waals surface area contributed by atoms with Crippen LogP contribution in [-0.4, -0.2) is 85.8 Å². The molecule has 6 heterocycles. The third-order valence-electron chi connectivity index (χ3n) is 12.6. The predicted octanol–water partition coefficient (Wildman–Crippen LogP) is 7.30. The molecule has 4 amide bonds. The monoisotopic (exact) mass is 804 g/mol. The first-order valence-corrected chi connectivity index (χ1v) is 21.2. The number of hydrogen-bond donors (Lipinski definition) is 4. The Bertz CT molecular complexity index is 2210. The molecule has 3 saturated heterocycles. The average Bonchev–Trinajstić information content (AvgIpc) is 4.10. The van der Waals surface area contributed by atoms with Crippen molar-refractivity contribution < 1.29 is 28.7 Å². The fraction of sp³-hybridized carbons (Fsp3) is 0.511. The van der Waals surface area contributed by atoms with Crippen molar-refractivity contribution in [3.8, 4) is 33.6 Å². The Balaban J connectivity index is 1.01. The molecule has 312 valence electrons. The normalized spacial score (nSPS) is 21.9. The first kappa shape index (κ1) is 40.3. The number of aromatic nitrogens is 4. The summed E-state index contributed by atoms with van der Waals surface area (Å²) in [6, 6.07) is 11.2. The van der Waals surface area contributed by atoms with Crippen molar-refractivity contribution in [3.63, 3.8) is 0 Å². The van der Waals surface area contributed by atoms with Gasteiger partial charge in [-0.1, -0.05) is 71.0 Å². The third-order valence-corrected chi connectivity index (χ3v) is 12.6. The molecule has 6 atom stereocenters. The second kappa shape index (κ2) is 16.6. The largest absolute Gasteiger partial charge is 0.453 e. The fourth-order valence-electron chi connectivity index (χ4n) is 9.48. The Labute approximate surface area is 345 Å². The summed E-state index contributed by atoms with van der Waals surface area (Å²) < 4.78 is 11.3. The van der Waals surface area contributed by atoms with Gasteiger partial charge in [0.1, 0.15) is 23.7 Å². The number of aromatic amines is 2. The summed E-state index contributed by atoms with van der Waals surface area (Å²) in [5.74, 6) is 1.02. The van der Waals surface area contributed by atoms with Crippen LogP contribution in [0.3, 0.4) is 0 Å². The van der Waals surface area contributed by atoms with Crippen LogP contribution in [0.25, 0.3) is 33.6 Å². The van der Waals surface area contributed by atoms with Crippen LogP contribution in [0.4, 0.5) is 4.79 Å².